The first-order chi connectivity index (χ1) is 9.47. The fourth-order valence-corrected chi connectivity index (χ4v) is 2.50. The van der Waals surface area contributed by atoms with Gasteiger partial charge in [-0.15, -0.1) is 0 Å². The molecule has 110 valence electrons. The summed E-state index contributed by atoms with van der Waals surface area (Å²) in [6.07, 6.45) is 2.60. The highest BCUT2D eigenvalue weighted by Gasteiger charge is 2.16. The molecule has 0 atom stereocenters. The minimum atomic E-state index is -3.58. The zero-order chi connectivity index (χ0) is 14.6. The standard InChI is InChI=1S/C11H17N5O3S/c1-8(2)12-4-9-3-10(5-13-9)20(17,18)15-6-11-14-7-19-16-11/h3,5,7-8,12-13,15H,4,6H2,1-2H3. The van der Waals surface area contributed by atoms with Gasteiger partial charge < -0.3 is 14.8 Å². The summed E-state index contributed by atoms with van der Waals surface area (Å²) < 4.78 is 31.0. The van der Waals surface area contributed by atoms with Gasteiger partial charge in [0.05, 0.1) is 11.4 Å². The molecule has 0 aliphatic carbocycles. The van der Waals surface area contributed by atoms with Crippen molar-refractivity contribution in [3.8, 4) is 0 Å². The molecule has 3 N–H and O–H groups in total. The maximum atomic E-state index is 12.0. The second-order valence-corrected chi connectivity index (χ2v) is 6.34. The molecule has 0 amide bonds. The van der Waals surface area contributed by atoms with Crippen LogP contribution in [-0.2, 0) is 23.1 Å². The highest BCUT2D eigenvalue weighted by Crippen LogP contribution is 2.11. The van der Waals surface area contributed by atoms with Gasteiger partial charge >= 0.3 is 0 Å². The lowest BCUT2D eigenvalue weighted by molar-refractivity contribution is 0.409. The van der Waals surface area contributed by atoms with Gasteiger partial charge in [0.25, 0.3) is 0 Å². The van der Waals surface area contributed by atoms with Gasteiger partial charge in [0.2, 0.25) is 16.4 Å². The quantitative estimate of drug-likeness (QED) is 0.681. The van der Waals surface area contributed by atoms with Crippen LogP contribution in [0.2, 0.25) is 0 Å². The summed E-state index contributed by atoms with van der Waals surface area (Å²) in [6.45, 7) is 4.61. The smallest absolute Gasteiger partial charge is 0.242 e. The SMILES string of the molecule is CC(C)NCc1cc(S(=O)(=O)NCc2ncon2)c[nH]1. The first-order valence-corrected chi connectivity index (χ1v) is 7.61. The Bertz CT molecular complexity index is 633. The van der Waals surface area contributed by atoms with Crippen molar-refractivity contribution < 1.29 is 12.9 Å². The normalized spacial score (nSPS) is 12.2. The minimum absolute atomic E-state index is 0.0103. The van der Waals surface area contributed by atoms with Crippen molar-refractivity contribution in [2.75, 3.05) is 0 Å². The van der Waals surface area contributed by atoms with Gasteiger partial charge in [-0.1, -0.05) is 19.0 Å². The van der Waals surface area contributed by atoms with Gasteiger partial charge in [-0.25, -0.2) is 13.1 Å². The predicted molar refractivity (Wildman–Crippen MR) is 71.1 cm³/mol. The minimum Gasteiger partial charge on any atom is -0.363 e. The summed E-state index contributed by atoms with van der Waals surface area (Å²) in [5.74, 6) is 0.283. The number of sulfonamides is 1. The number of rotatable bonds is 7. The number of H-pyrrole nitrogens is 1. The van der Waals surface area contributed by atoms with E-state index in [2.05, 4.69) is 29.7 Å². The molecule has 0 bridgehead atoms. The number of nitrogens with zero attached hydrogens (tertiary/aromatic N) is 2. The van der Waals surface area contributed by atoms with Crippen LogP contribution in [0.3, 0.4) is 0 Å². The average molecular weight is 299 g/mol. The van der Waals surface area contributed by atoms with Crippen molar-refractivity contribution in [1.29, 1.82) is 0 Å². The van der Waals surface area contributed by atoms with E-state index in [1.165, 1.54) is 6.20 Å². The average Bonchev–Trinajstić information content (AvgIpc) is 3.05. The van der Waals surface area contributed by atoms with Crippen molar-refractivity contribution >= 4 is 10.0 Å². The Morgan fingerprint density at radius 3 is 2.85 bits per heavy atom. The monoisotopic (exact) mass is 299 g/mol. The van der Waals surface area contributed by atoms with E-state index in [9.17, 15) is 8.42 Å². The maximum absolute atomic E-state index is 12.0. The number of aromatic nitrogens is 3. The third kappa shape index (κ3) is 3.89. The van der Waals surface area contributed by atoms with Gasteiger partial charge in [0, 0.05) is 24.5 Å². The highest BCUT2D eigenvalue weighted by atomic mass is 32.2. The summed E-state index contributed by atoms with van der Waals surface area (Å²) in [6, 6.07) is 1.92. The van der Waals surface area contributed by atoms with Gasteiger partial charge in [-0.2, -0.15) is 4.98 Å². The molecule has 20 heavy (non-hydrogen) atoms. The molecule has 2 heterocycles. The van der Waals surface area contributed by atoms with Crippen molar-refractivity contribution in [3.63, 3.8) is 0 Å². The summed E-state index contributed by atoms with van der Waals surface area (Å²) >= 11 is 0. The molecule has 0 saturated heterocycles. The van der Waals surface area contributed by atoms with Crippen LogP contribution in [0.5, 0.6) is 0 Å². The van der Waals surface area contributed by atoms with E-state index in [0.29, 0.717) is 12.6 Å². The predicted octanol–water partition coefficient (Wildman–Crippen LogP) is 0.374. The third-order valence-corrected chi connectivity index (χ3v) is 3.94. The molecule has 0 aromatic carbocycles. The summed E-state index contributed by atoms with van der Waals surface area (Å²) in [7, 11) is -3.58. The van der Waals surface area contributed by atoms with Crippen molar-refractivity contribution in [2.24, 2.45) is 0 Å². The Hall–Kier alpha value is -1.71. The summed E-state index contributed by atoms with van der Waals surface area (Å²) in [4.78, 5) is 6.86. The Labute approximate surface area is 117 Å². The zero-order valence-corrected chi connectivity index (χ0v) is 12.1. The van der Waals surface area contributed by atoms with E-state index in [0.717, 1.165) is 12.1 Å². The molecule has 2 aromatic heterocycles. The lowest BCUT2D eigenvalue weighted by atomic mass is 10.3. The molecule has 9 heteroatoms. The molecule has 8 nitrogen and oxygen atoms in total. The van der Waals surface area contributed by atoms with E-state index < -0.39 is 10.0 Å². The summed E-state index contributed by atoms with van der Waals surface area (Å²) in [5.41, 5.74) is 0.804. The van der Waals surface area contributed by atoms with Crippen LogP contribution in [-0.4, -0.2) is 29.6 Å². The first kappa shape index (κ1) is 14.7. The number of nitrogens with one attached hydrogen (secondary N) is 3. The van der Waals surface area contributed by atoms with Crippen molar-refractivity contribution in [1.82, 2.24) is 25.2 Å². The second kappa shape index (κ2) is 6.16. The number of aromatic amines is 1. The third-order valence-electron chi connectivity index (χ3n) is 2.55. The van der Waals surface area contributed by atoms with E-state index in [1.807, 2.05) is 13.8 Å². The Morgan fingerprint density at radius 1 is 1.40 bits per heavy atom. The van der Waals surface area contributed by atoms with E-state index in [1.54, 1.807) is 6.07 Å². The number of hydrogen-bond donors (Lipinski definition) is 3. The Kier molecular flexibility index (Phi) is 4.53. The molecule has 0 fully saturated rings. The molecular formula is C11H17N5O3S. The second-order valence-electron chi connectivity index (χ2n) is 4.57. The largest absolute Gasteiger partial charge is 0.363 e. The van der Waals surface area contributed by atoms with Crippen molar-refractivity contribution in [2.45, 2.75) is 37.9 Å². The topological polar surface area (TPSA) is 113 Å². The molecule has 0 spiro atoms. The molecule has 0 aliphatic rings. The van der Waals surface area contributed by atoms with Crippen molar-refractivity contribution in [3.05, 3.63) is 30.2 Å². The van der Waals surface area contributed by atoms with Crippen LogP contribution >= 0.6 is 0 Å². The van der Waals surface area contributed by atoms with E-state index >= 15 is 0 Å². The van der Waals surface area contributed by atoms with Crippen LogP contribution in [0.1, 0.15) is 25.4 Å². The lowest BCUT2D eigenvalue weighted by Gasteiger charge is -2.05. The molecule has 0 aliphatic heterocycles. The number of hydrogen-bond acceptors (Lipinski definition) is 6. The van der Waals surface area contributed by atoms with Crippen LogP contribution < -0.4 is 10.0 Å². The van der Waals surface area contributed by atoms with Crippen LogP contribution in [0.25, 0.3) is 0 Å². The van der Waals surface area contributed by atoms with E-state index in [4.69, 9.17) is 0 Å². The molecule has 0 radical (unpaired) electrons. The van der Waals surface area contributed by atoms with Gasteiger partial charge in [0.1, 0.15) is 0 Å². The van der Waals surface area contributed by atoms with Crippen LogP contribution in [0, 0.1) is 0 Å². The van der Waals surface area contributed by atoms with Gasteiger partial charge in [-0.05, 0) is 6.07 Å². The van der Waals surface area contributed by atoms with Gasteiger partial charge in [-0.3, -0.25) is 0 Å². The maximum Gasteiger partial charge on any atom is 0.242 e. The fraction of sp³-hybridized carbons (Fsp3) is 0.455. The molecule has 2 rings (SSSR count). The Morgan fingerprint density at radius 2 is 2.20 bits per heavy atom. The van der Waals surface area contributed by atoms with Crippen LogP contribution in [0.4, 0.5) is 0 Å². The fourth-order valence-electron chi connectivity index (χ4n) is 1.50. The zero-order valence-electron chi connectivity index (χ0n) is 11.3. The Balaban J connectivity index is 1.98. The van der Waals surface area contributed by atoms with Gasteiger partial charge in [0.15, 0.2) is 5.82 Å². The first-order valence-electron chi connectivity index (χ1n) is 6.13. The van der Waals surface area contributed by atoms with Crippen LogP contribution in [0.15, 0.2) is 28.1 Å². The molecular weight excluding hydrogens is 282 g/mol. The molecule has 0 unspecified atom stereocenters. The highest BCUT2D eigenvalue weighted by molar-refractivity contribution is 7.89. The summed E-state index contributed by atoms with van der Waals surface area (Å²) in [5, 5.41) is 6.74. The lowest BCUT2D eigenvalue weighted by Crippen LogP contribution is -2.23. The van der Waals surface area contributed by atoms with E-state index in [-0.39, 0.29) is 17.3 Å². The molecule has 2 aromatic rings. The molecule has 0 saturated carbocycles.